The molecule has 25 heavy (non-hydrogen) atoms. The maximum Gasteiger partial charge on any atom is 0.417 e. The molecule has 0 aliphatic heterocycles. The van der Waals surface area contributed by atoms with Gasteiger partial charge < -0.3 is 10.1 Å². The van der Waals surface area contributed by atoms with Crippen LogP contribution in [0.2, 0.25) is 5.02 Å². The number of hydrogen-bond acceptors (Lipinski definition) is 2. The highest BCUT2D eigenvalue weighted by atomic mass is 35.5. The topological polar surface area (TPSA) is 38.3 Å². The monoisotopic (exact) mass is 371 g/mol. The number of anilines is 1. The van der Waals surface area contributed by atoms with E-state index in [1.165, 1.54) is 13.0 Å². The second kappa shape index (κ2) is 7.78. The van der Waals surface area contributed by atoms with Gasteiger partial charge in [0, 0.05) is 5.69 Å². The highest BCUT2D eigenvalue weighted by Gasteiger charge is 2.33. The maximum atomic E-state index is 12.9. The third kappa shape index (κ3) is 5.13. The zero-order valence-electron chi connectivity index (χ0n) is 13.7. The van der Waals surface area contributed by atoms with Crippen molar-refractivity contribution in [2.24, 2.45) is 0 Å². The van der Waals surface area contributed by atoms with E-state index in [9.17, 15) is 18.0 Å². The smallest absolute Gasteiger partial charge is 0.417 e. The lowest BCUT2D eigenvalue weighted by Gasteiger charge is -2.16. The van der Waals surface area contributed by atoms with Gasteiger partial charge in [-0.1, -0.05) is 30.7 Å². The lowest BCUT2D eigenvalue weighted by molar-refractivity contribution is -0.137. The normalized spacial score (nSPS) is 12.6. The molecule has 0 aromatic heterocycles. The molecule has 0 saturated carbocycles. The van der Waals surface area contributed by atoms with Crippen molar-refractivity contribution in [1.29, 1.82) is 0 Å². The molecule has 0 aliphatic rings. The summed E-state index contributed by atoms with van der Waals surface area (Å²) in [5, 5.41) is 1.98. The van der Waals surface area contributed by atoms with Crippen molar-refractivity contribution in [1.82, 2.24) is 0 Å². The van der Waals surface area contributed by atoms with Gasteiger partial charge in [-0.25, -0.2) is 0 Å². The Bertz CT molecular complexity index is 762. The van der Waals surface area contributed by atoms with E-state index in [2.05, 4.69) is 5.32 Å². The molecule has 0 bridgehead atoms. The number of ether oxygens (including phenoxy) is 1. The molecule has 2 rings (SSSR count). The van der Waals surface area contributed by atoms with Gasteiger partial charge in [0.25, 0.3) is 5.91 Å². The fourth-order valence-electron chi connectivity index (χ4n) is 2.16. The highest BCUT2D eigenvalue weighted by Crippen LogP contribution is 2.36. The molecule has 0 radical (unpaired) electrons. The molecule has 0 fully saturated rings. The molecule has 2 aromatic rings. The highest BCUT2D eigenvalue weighted by molar-refractivity contribution is 6.31. The van der Waals surface area contributed by atoms with Gasteiger partial charge in [-0.05, 0) is 49.2 Å². The first-order valence-electron chi connectivity index (χ1n) is 7.64. The molecule has 1 atom stereocenters. The number of carbonyl (C=O) groups is 1. The average molecular weight is 372 g/mol. The second-order valence-electron chi connectivity index (χ2n) is 5.44. The van der Waals surface area contributed by atoms with Crippen LogP contribution in [0.4, 0.5) is 18.9 Å². The number of halogens is 4. The first-order chi connectivity index (χ1) is 11.7. The molecule has 0 saturated heterocycles. The first-order valence-corrected chi connectivity index (χ1v) is 8.01. The Morgan fingerprint density at radius 3 is 2.60 bits per heavy atom. The molecular weight excluding hydrogens is 355 g/mol. The van der Waals surface area contributed by atoms with Crippen molar-refractivity contribution >= 4 is 23.2 Å². The zero-order chi connectivity index (χ0) is 18.6. The van der Waals surface area contributed by atoms with Gasteiger partial charge >= 0.3 is 6.18 Å². The summed E-state index contributed by atoms with van der Waals surface area (Å²) in [6, 6.07) is 10.5. The Balaban J connectivity index is 2.08. The summed E-state index contributed by atoms with van der Waals surface area (Å²) in [5.41, 5.74) is 0.0493. The van der Waals surface area contributed by atoms with Gasteiger partial charge in [0.05, 0.1) is 10.6 Å². The summed E-state index contributed by atoms with van der Waals surface area (Å²) < 4.78 is 44.1. The number of aryl methyl sites for hydroxylation is 1. The van der Waals surface area contributed by atoms with Crippen molar-refractivity contribution in [2.75, 3.05) is 5.32 Å². The number of hydrogen-bond donors (Lipinski definition) is 1. The predicted molar refractivity (Wildman–Crippen MR) is 91.0 cm³/mol. The number of alkyl halides is 3. The number of rotatable bonds is 5. The van der Waals surface area contributed by atoms with Crippen LogP contribution < -0.4 is 10.1 Å². The van der Waals surface area contributed by atoms with E-state index in [0.717, 1.165) is 24.1 Å². The molecule has 0 aliphatic carbocycles. The molecule has 134 valence electrons. The Kier molecular flexibility index (Phi) is 5.95. The van der Waals surface area contributed by atoms with Crippen molar-refractivity contribution in [3.05, 3.63) is 58.6 Å². The first kappa shape index (κ1) is 19.1. The van der Waals surface area contributed by atoms with Crippen LogP contribution in [0.25, 0.3) is 0 Å². The minimum Gasteiger partial charge on any atom is -0.481 e. The number of amides is 1. The van der Waals surface area contributed by atoms with Crippen molar-refractivity contribution in [2.45, 2.75) is 32.5 Å². The Morgan fingerprint density at radius 1 is 1.24 bits per heavy atom. The van der Waals surface area contributed by atoms with Crippen LogP contribution in [-0.4, -0.2) is 12.0 Å². The fourth-order valence-corrected chi connectivity index (χ4v) is 2.39. The average Bonchev–Trinajstić information content (AvgIpc) is 2.55. The lowest BCUT2D eigenvalue weighted by Crippen LogP contribution is -2.30. The van der Waals surface area contributed by atoms with Crippen LogP contribution in [0, 0.1) is 0 Å². The van der Waals surface area contributed by atoms with E-state index >= 15 is 0 Å². The molecular formula is C18H17ClF3NO2. The van der Waals surface area contributed by atoms with Gasteiger partial charge in [0.2, 0.25) is 0 Å². The number of nitrogens with one attached hydrogen (secondary N) is 1. The van der Waals surface area contributed by atoms with Gasteiger partial charge in [-0.2, -0.15) is 13.2 Å². The van der Waals surface area contributed by atoms with E-state index in [-0.39, 0.29) is 5.69 Å². The van der Waals surface area contributed by atoms with E-state index < -0.39 is 28.8 Å². The third-order valence-electron chi connectivity index (χ3n) is 3.53. The molecule has 2 aromatic carbocycles. The Morgan fingerprint density at radius 2 is 1.96 bits per heavy atom. The van der Waals surface area contributed by atoms with Crippen LogP contribution >= 0.6 is 11.6 Å². The summed E-state index contributed by atoms with van der Waals surface area (Å²) in [5.74, 6) is -0.0357. The van der Waals surface area contributed by atoms with Crippen LogP contribution in [0.1, 0.15) is 25.0 Å². The fraction of sp³-hybridized carbons (Fsp3) is 0.278. The van der Waals surface area contributed by atoms with Gasteiger partial charge in [0.1, 0.15) is 5.75 Å². The molecule has 0 heterocycles. The number of carbonyl (C=O) groups excluding carboxylic acids is 1. The zero-order valence-corrected chi connectivity index (χ0v) is 14.4. The van der Waals surface area contributed by atoms with Gasteiger partial charge in [-0.15, -0.1) is 0 Å². The van der Waals surface area contributed by atoms with E-state index in [1.807, 2.05) is 25.1 Å². The molecule has 1 unspecified atom stereocenters. The minimum atomic E-state index is -4.60. The predicted octanol–water partition coefficient (Wildman–Crippen LogP) is 5.33. The van der Waals surface area contributed by atoms with Gasteiger partial charge in [0.15, 0.2) is 6.10 Å². The Hall–Kier alpha value is -2.21. The van der Waals surface area contributed by atoms with Crippen molar-refractivity contribution < 1.29 is 22.7 Å². The summed E-state index contributed by atoms with van der Waals surface area (Å²) in [6.07, 6.45) is -4.65. The maximum absolute atomic E-state index is 12.9. The summed E-state index contributed by atoms with van der Waals surface area (Å²) in [4.78, 5) is 12.2. The molecule has 1 amide bonds. The van der Waals surface area contributed by atoms with Crippen LogP contribution in [0.15, 0.2) is 42.5 Å². The molecule has 1 N–H and O–H groups in total. The van der Waals surface area contributed by atoms with E-state index in [1.54, 1.807) is 6.07 Å². The summed E-state index contributed by atoms with van der Waals surface area (Å²) in [6.45, 7) is 3.52. The Labute approximate surface area is 148 Å². The summed E-state index contributed by atoms with van der Waals surface area (Å²) in [7, 11) is 0. The van der Waals surface area contributed by atoms with Crippen LogP contribution in [-0.2, 0) is 17.4 Å². The van der Waals surface area contributed by atoms with E-state index in [0.29, 0.717) is 5.75 Å². The standard InChI is InChI=1S/C18H17ClF3NO2/c1-3-12-5-4-6-14(9-12)25-11(2)17(24)23-13-7-8-16(19)15(10-13)18(20,21)22/h4-11H,3H2,1-2H3,(H,23,24). The molecule has 0 spiro atoms. The van der Waals surface area contributed by atoms with Gasteiger partial charge in [-0.3, -0.25) is 4.79 Å². The van der Waals surface area contributed by atoms with Crippen molar-refractivity contribution in [3.63, 3.8) is 0 Å². The SMILES string of the molecule is CCc1cccc(OC(C)C(=O)Nc2ccc(Cl)c(C(F)(F)F)c2)c1. The van der Waals surface area contributed by atoms with Crippen molar-refractivity contribution in [3.8, 4) is 5.75 Å². The summed E-state index contributed by atoms with van der Waals surface area (Å²) >= 11 is 5.56. The largest absolute Gasteiger partial charge is 0.481 e. The van der Waals surface area contributed by atoms with Crippen LogP contribution in [0.5, 0.6) is 5.75 Å². The minimum absolute atomic E-state index is 0.000478. The molecule has 3 nitrogen and oxygen atoms in total. The molecule has 7 heteroatoms. The lowest BCUT2D eigenvalue weighted by atomic mass is 10.1. The van der Waals surface area contributed by atoms with E-state index in [4.69, 9.17) is 16.3 Å². The number of benzene rings is 2. The second-order valence-corrected chi connectivity index (χ2v) is 5.85. The quantitative estimate of drug-likeness (QED) is 0.771. The van der Waals surface area contributed by atoms with Crippen LogP contribution in [0.3, 0.4) is 0 Å². The third-order valence-corrected chi connectivity index (χ3v) is 3.86.